The zero-order chi connectivity index (χ0) is 12.6. The molecule has 2 nitrogen and oxygen atoms in total. The highest BCUT2D eigenvalue weighted by molar-refractivity contribution is 5.88. The zero-order valence-electron chi connectivity index (χ0n) is 11.1. The Hall–Kier alpha value is -0.840. The van der Waals surface area contributed by atoms with E-state index in [9.17, 15) is 10.1 Å². The third-order valence-electron chi connectivity index (χ3n) is 3.96. The van der Waals surface area contributed by atoms with Crippen molar-refractivity contribution in [3.05, 3.63) is 0 Å². The van der Waals surface area contributed by atoms with E-state index in [0.29, 0.717) is 6.42 Å². The Morgan fingerprint density at radius 1 is 1.18 bits per heavy atom. The number of hydrogen-bond acceptors (Lipinski definition) is 2. The summed E-state index contributed by atoms with van der Waals surface area (Å²) in [7, 11) is 0. The maximum atomic E-state index is 11.9. The molecule has 1 aliphatic rings. The quantitative estimate of drug-likeness (QED) is 0.614. The van der Waals surface area contributed by atoms with Gasteiger partial charge in [-0.25, -0.2) is 0 Å². The van der Waals surface area contributed by atoms with Crippen LogP contribution in [0.4, 0.5) is 0 Å². The van der Waals surface area contributed by atoms with Crippen LogP contribution in [0.15, 0.2) is 0 Å². The number of rotatable bonds is 7. The van der Waals surface area contributed by atoms with Crippen LogP contribution < -0.4 is 0 Å². The monoisotopic (exact) mass is 235 g/mol. The van der Waals surface area contributed by atoms with Crippen molar-refractivity contribution in [1.29, 1.82) is 5.26 Å². The Bertz CT molecular complexity index is 279. The molecule has 0 aliphatic heterocycles. The maximum absolute atomic E-state index is 11.9. The minimum absolute atomic E-state index is 0.208. The van der Waals surface area contributed by atoms with Gasteiger partial charge in [-0.3, -0.25) is 4.79 Å². The molecule has 0 N–H and O–H groups in total. The molecular weight excluding hydrogens is 210 g/mol. The fourth-order valence-corrected chi connectivity index (χ4v) is 2.74. The SMILES string of the molecule is CCCCCCCCC1(C#N)CCCCC1=O. The summed E-state index contributed by atoms with van der Waals surface area (Å²) >= 11 is 0. The van der Waals surface area contributed by atoms with Crippen molar-refractivity contribution >= 4 is 5.78 Å². The molecule has 2 heteroatoms. The first-order chi connectivity index (χ1) is 8.25. The van der Waals surface area contributed by atoms with E-state index in [0.717, 1.165) is 32.1 Å². The molecule has 0 aromatic carbocycles. The average Bonchev–Trinajstić information content (AvgIpc) is 2.36. The molecule has 0 amide bonds. The Morgan fingerprint density at radius 2 is 1.88 bits per heavy atom. The molecule has 1 rings (SSSR count). The zero-order valence-corrected chi connectivity index (χ0v) is 11.1. The van der Waals surface area contributed by atoms with Crippen LogP contribution in [0, 0.1) is 16.7 Å². The molecule has 0 aromatic heterocycles. The van der Waals surface area contributed by atoms with Gasteiger partial charge in [-0.2, -0.15) is 5.26 Å². The van der Waals surface area contributed by atoms with Gasteiger partial charge < -0.3 is 0 Å². The van der Waals surface area contributed by atoms with E-state index in [1.54, 1.807) is 0 Å². The normalized spacial score (nSPS) is 24.6. The van der Waals surface area contributed by atoms with Gasteiger partial charge in [-0.05, 0) is 19.3 Å². The molecule has 1 saturated carbocycles. The fraction of sp³-hybridized carbons (Fsp3) is 0.867. The van der Waals surface area contributed by atoms with E-state index in [4.69, 9.17) is 0 Å². The summed E-state index contributed by atoms with van der Waals surface area (Å²) in [5.41, 5.74) is -0.608. The molecule has 1 atom stereocenters. The first-order valence-corrected chi connectivity index (χ1v) is 7.20. The van der Waals surface area contributed by atoms with Crippen molar-refractivity contribution in [2.45, 2.75) is 77.6 Å². The molecule has 0 saturated heterocycles. The Labute approximate surface area is 105 Å². The van der Waals surface area contributed by atoms with Crippen molar-refractivity contribution < 1.29 is 4.79 Å². The molecule has 0 bridgehead atoms. The second-order valence-corrected chi connectivity index (χ2v) is 5.34. The summed E-state index contributed by atoms with van der Waals surface area (Å²) in [5.74, 6) is 0.208. The lowest BCUT2D eigenvalue weighted by Gasteiger charge is -2.29. The van der Waals surface area contributed by atoms with Gasteiger partial charge in [0.15, 0.2) is 5.78 Å². The highest BCUT2D eigenvalue weighted by Gasteiger charge is 2.39. The minimum Gasteiger partial charge on any atom is -0.298 e. The molecule has 0 heterocycles. The molecule has 0 spiro atoms. The summed E-state index contributed by atoms with van der Waals surface area (Å²) in [5, 5.41) is 9.28. The van der Waals surface area contributed by atoms with Crippen LogP contribution in [0.3, 0.4) is 0 Å². The standard InChI is InChI=1S/C15H25NO/c1-2-3-4-5-6-8-11-15(13-16)12-9-7-10-14(15)17/h2-12H2,1H3. The van der Waals surface area contributed by atoms with E-state index in [1.807, 2.05) is 0 Å². The third-order valence-corrected chi connectivity index (χ3v) is 3.96. The second kappa shape index (κ2) is 7.48. The number of unbranched alkanes of at least 4 members (excludes halogenated alkanes) is 5. The van der Waals surface area contributed by atoms with Gasteiger partial charge >= 0.3 is 0 Å². The van der Waals surface area contributed by atoms with Crippen LogP contribution in [0.2, 0.25) is 0 Å². The predicted octanol–water partition coefficient (Wildman–Crippen LogP) is 4.39. The molecule has 0 radical (unpaired) electrons. The van der Waals surface area contributed by atoms with Gasteiger partial charge in [-0.1, -0.05) is 51.9 Å². The number of ketones is 1. The molecule has 17 heavy (non-hydrogen) atoms. The van der Waals surface area contributed by atoms with Crippen molar-refractivity contribution in [3.63, 3.8) is 0 Å². The van der Waals surface area contributed by atoms with Gasteiger partial charge in [0, 0.05) is 6.42 Å². The van der Waals surface area contributed by atoms with Crippen molar-refractivity contribution in [2.24, 2.45) is 5.41 Å². The van der Waals surface area contributed by atoms with E-state index < -0.39 is 5.41 Å². The van der Waals surface area contributed by atoms with Crippen molar-refractivity contribution in [3.8, 4) is 6.07 Å². The van der Waals surface area contributed by atoms with Gasteiger partial charge in [0.1, 0.15) is 5.41 Å². The highest BCUT2D eigenvalue weighted by Crippen LogP contribution is 2.37. The average molecular weight is 235 g/mol. The number of nitriles is 1. The predicted molar refractivity (Wildman–Crippen MR) is 69.5 cm³/mol. The van der Waals surface area contributed by atoms with Crippen LogP contribution in [0.25, 0.3) is 0 Å². The number of hydrogen-bond donors (Lipinski definition) is 0. The first kappa shape index (κ1) is 14.2. The van der Waals surface area contributed by atoms with Crippen molar-refractivity contribution in [2.75, 3.05) is 0 Å². The van der Waals surface area contributed by atoms with E-state index in [1.165, 1.54) is 32.1 Å². The molecule has 1 unspecified atom stereocenters. The topological polar surface area (TPSA) is 40.9 Å². The summed E-state index contributed by atoms with van der Waals surface area (Å²) in [6.07, 6.45) is 11.6. The van der Waals surface area contributed by atoms with Gasteiger partial charge in [0.25, 0.3) is 0 Å². The van der Waals surface area contributed by atoms with E-state index >= 15 is 0 Å². The Balaban J connectivity index is 2.27. The van der Waals surface area contributed by atoms with Crippen LogP contribution in [-0.2, 0) is 4.79 Å². The number of nitrogens with zero attached hydrogens (tertiary/aromatic N) is 1. The van der Waals surface area contributed by atoms with Gasteiger partial charge in [0.05, 0.1) is 6.07 Å². The summed E-state index contributed by atoms with van der Waals surface area (Å²) < 4.78 is 0. The number of Topliss-reactive ketones (excluding diaryl/α,β-unsaturated/α-hetero) is 1. The lowest BCUT2D eigenvalue weighted by Crippen LogP contribution is -2.32. The third kappa shape index (κ3) is 4.15. The lowest BCUT2D eigenvalue weighted by molar-refractivity contribution is -0.128. The summed E-state index contributed by atoms with van der Waals surface area (Å²) in [6, 6.07) is 2.32. The van der Waals surface area contributed by atoms with Crippen LogP contribution in [0.5, 0.6) is 0 Å². The molecular formula is C15H25NO. The maximum Gasteiger partial charge on any atom is 0.153 e. The molecule has 1 aliphatic carbocycles. The van der Waals surface area contributed by atoms with Crippen molar-refractivity contribution in [1.82, 2.24) is 0 Å². The van der Waals surface area contributed by atoms with Gasteiger partial charge in [-0.15, -0.1) is 0 Å². The molecule has 96 valence electrons. The molecule has 1 fully saturated rings. The molecule has 0 aromatic rings. The van der Waals surface area contributed by atoms with Crippen LogP contribution in [0.1, 0.15) is 77.6 Å². The van der Waals surface area contributed by atoms with Crippen LogP contribution in [-0.4, -0.2) is 5.78 Å². The first-order valence-electron chi connectivity index (χ1n) is 7.20. The van der Waals surface area contributed by atoms with E-state index in [2.05, 4.69) is 13.0 Å². The summed E-state index contributed by atoms with van der Waals surface area (Å²) in [6.45, 7) is 2.21. The van der Waals surface area contributed by atoms with E-state index in [-0.39, 0.29) is 5.78 Å². The smallest absolute Gasteiger partial charge is 0.153 e. The second-order valence-electron chi connectivity index (χ2n) is 5.34. The van der Waals surface area contributed by atoms with Gasteiger partial charge in [0.2, 0.25) is 0 Å². The Morgan fingerprint density at radius 3 is 2.53 bits per heavy atom. The number of carbonyl (C=O) groups excluding carboxylic acids is 1. The highest BCUT2D eigenvalue weighted by atomic mass is 16.1. The Kier molecular flexibility index (Phi) is 6.26. The summed E-state index contributed by atoms with van der Waals surface area (Å²) in [4.78, 5) is 11.9. The van der Waals surface area contributed by atoms with Crippen LogP contribution >= 0.6 is 0 Å². The lowest BCUT2D eigenvalue weighted by atomic mass is 9.71. The fourth-order valence-electron chi connectivity index (χ4n) is 2.74. The number of carbonyl (C=O) groups is 1. The minimum atomic E-state index is -0.608. The largest absolute Gasteiger partial charge is 0.298 e.